The lowest BCUT2D eigenvalue weighted by molar-refractivity contribution is -0.138. The van der Waals surface area contributed by atoms with Gasteiger partial charge in [-0.3, -0.25) is 0 Å². The maximum absolute atomic E-state index is 11.3. The molecule has 0 aliphatic heterocycles. The molecule has 2 nitrogen and oxygen atoms in total. The summed E-state index contributed by atoms with van der Waals surface area (Å²) in [7, 11) is 0. The fourth-order valence-electron chi connectivity index (χ4n) is 1.31. The summed E-state index contributed by atoms with van der Waals surface area (Å²) in [4.78, 5) is 11.3. The molecule has 0 saturated carbocycles. The molecular weight excluding hydrogens is 188 g/mol. The molecule has 1 aromatic carbocycles. The van der Waals surface area contributed by atoms with E-state index in [1.165, 1.54) is 5.56 Å². The molecule has 15 heavy (non-hydrogen) atoms. The lowest BCUT2D eigenvalue weighted by Crippen LogP contribution is -2.04. The molecule has 1 rings (SSSR count). The number of hydrogen-bond acceptors (Lipinski definition) is 2. The highest BCUT2D eigenvalue weighted by molar-refractivity contribution is 5.92. The van der Waals surface area contributed by atoms with Crippen molar-refractivity contribution < 1.29 is 9.53 Å². The summed E-state index contributed by atoms with van der Waals surface area (Å²) in [6.45, 7) is 6.01. The average molecular weight is 204 g/mol. The first kappa shape index (κ1) is 11.5. The number of hydrogen-bond donors (Lipinski definition) is 0. The quantitative estimate of drug-likeness (QED) is 0.559. The van der Waals surface area contributed by atoms with Gasteiger partial charge in [-0.25, -0.2) is 4.79 Å². The third-order valence-electron chi connectivity index (χ3n) is 2.02. The smallest absolute Gasteiger partial charge is 0.333 e. The van der Waals surface area contributed by atoms with Crippen LogP contribution in [0.2, 0.25) is 0 Å². The normalized spacial score (nSPS) is 11.3. The second-order valence-corrected chi connectivity index (χ2v) is 3.46. The van der Waals surface area contributed by atoms with Gasteiger partial charge in [0.1, 0.15) is 0 Å². The second kappa shape index (κ2) is 5.35. The number of esters is 1. The summed E-state index contributed by atoms with van der Waals surface area (Å²) in [6.07, 6.45) is 1.84. The van der Waals surface area contributed by atoms with E-state index in [4.69, 9.17) is 4.74 Å². The van der Waals surface area contributed by atoms with Crippen LogP contribution in [-0.4, -0.2) is 12.6 Å². The van der Waals surface area contributed by atoms with Crippen LogP contribution in [0.1, 0.15) is 25.0 Å². The minimum Gasteiger partial charge on any atom is -0.463 e. The summed E-state index contributed by atoms with van der Waals surface area (Å²) in [5, 5.41) is 0. The Labute approximate surface area is 90.6 Å². The number of benzene rings is 1. The van der Waals surface area contributed by atoms with Gasteiger partial charge in [-0.2, -0.15) is 0 Å². The minimum atomic E-state index is -0.251. The molecule has 2 heteroatoms. The van der Waals surface area contributed by atoms with E-state index in [9.17, 15) is 4.79 Å². The van der Waals surface area contributed by atoms with Crippen LogP contribution in [0.5, 0.6) is 0 Å². The zero-order chi connectivity index (χ0) is 11.3. The summed E-state index contributed by atoms with van der Waals surface area (Å²) in [5.41, 5.74) is 2.84. The predicted molar refractivity (Wildman–Crippen MR) is 61.5 cm³/mol. The van der Waals surface area contributed by atoms with Crippen LogP contribution in [0.3, 0.4) is 0 Å². The Bertz CT molecular complexity index is 378. The lowest BCUT2D eigenvalue weighted by atomic mass is 10.1. The van der Waals surface area contributed by atoms with E-state index >= 15 is 0 Å². The molecule has 0 N–H and O–H groups in total. The van der Waals surface area contributed by atoms with Gasteiger partial charge in [0.25, 0.3) is 0 Å². The Hall–Kier alpha value is -1.57. The number of ether oxygens (including phenoxy) is 1. The molecule has 0 amide bonds. The molecule has 0 spiro atoms. The molecule has 0 heterocycles. The standard InChI is InChI=1S/C13H16O2/c1-4-15-13(14)11(3)9-12-7-5-6-10(2)8-12/h5-9H,4H2,1-3H3. The summed E-state index contributed by atoms with van der Waals surface area (Å²) in [6, 6.07) is 8.00. The third kappa shape index (κ3) is 3.58. The SMILES string of the molecule is CCOC(=O)C(C)=Cc1cccc(C)c1. The summed E-state index contributed by atoms with van der Waals surface area (Å²) >= 11 is 0. The van der Waals surface area contributed by atoms with E-state index in [2.05, 4.69) is 0 Å². The topological polar surface area (TPSA) is 26.3 Å². The van der Waals surface area contributed by atoms with E-state index in [0.717, 1.165) is 5.56 Å². The van der Waals surface area contributed by atoms with Crippen molar-refractivity contribution in [2.24, 2.45) is 0 Å². The minimum absolute atomic E-state index is 0.251. The van der Waals surface area contributed by atoms with Crippen molar-refractivity contribution in [3.8, 4) is 0 Å². The van der Waals surface area contributed by atoms with Crippen LogP contribution in [0.15, 0.2) is 29.8 Å². The van der Waals surface area contributed by atoms with Crippen LogP contribution in [-0.2, 0) is 9.53 Å². The molecule has 1 aromatic rings. The largest absolute Gasteiger partial charge is 0.463 e. The molecule has 0 aliphatic rings. The molecule has 0 bridgehead atoms. The molecule has 0 radical (unpaired) electrons. The predicted octanol–water partition coefficient (Wildman–Crippen LogP) is 2.96. The maximum Gasteiger partial charge on any atom is 0.333 e. The van der Waals surface area contributed by atoms with E-state index in [0.29, 0.717) is 12.2 Å². The molecular formula is C13H16O2. The first-order valence-electron chi connectivity index (χ1n) is 5.05. The van der Waals surface area contributed by atoms with Gasteiger partial charge < -0.3 is 4.74 Å². The third-order valence-corrected chi connectivity index (χ3v) is 2.02. The Morgan fingerprint density at radius 1 is 1.47 bits per heavy atom. The fourth-order valence-corrected chi connectivity index (χ4v) is 1.31. The number of aryl methyl sites for hydroxylation is 1. The van der Waals surface area contributed by atoms with Gasteiger partial charge in [0, 0.05) is 5.57 Å². The highest BCUT2D eigenvalue weighted by Crippen LogP contribution is 2.09. The number of rotatable bonds is 3. The monoisotopic (exact) mass is 204 g/mol. The van der Waals surface area contributed by atoms with Crippen molar-refractivity contribution >= 4 is 12.0 Å². The van der Waals surface area contributed by atoms with Gasteiger partial charge in [0.2, 0.25) is 0 Å². The van der Waals surface area contributed by atoms with E-state index in [-0.39, 0.29) is 5.97 Å². The van der Waals surface area contributed by atoms with Crippen LogP contribution >= 0.6 is 0 Å². The highest BCUT2D eigenvalue weighted by Gasteiger charge is 2.03. The second-order valence-electron chi connectivity index (χ2n) is 3.46. The van der Waals surface area contributed by atoms with Gasteiger partial charge in [-0.15, -0.1) is 0 Å². The van der Waals surface area contributed by atoms with E-state index in [1.54, 1.807) is 13.8 Å². The van der Waals surface area contributed by atoms with Crippen molar-refractivity contribution in [2.75, 3.05) is 6.61 Å². The molecule has 80 valence electrons. The summed E-state index contributed by atoms with van der Waals surface area (Å²) < 4.78 is 4.90. The summed E-state index contributed by atoms with van der Waals surface area (Å²) in [5.74, 6) is -0.251. The van der Waals surface area contributed by atoms with Gasteiger partial charge in [-0.05, 0) is 32.4 Å². The molecule has 0 atom stereocenters. The van der Waals surface area contributed by atoms with Crippen molar-refractivity contribution in [3.05, 3.63) is 41.0 Å². The Balaban J connectivity index is 2.82. The highest BCUT2D eigenvalue weighted by atomic mass is 16.5. The molecule has 0 unspecified atom stereocenters. The number of carbonyl (C=O) groups excluding carboxylic acids is 1. The van der Waals surface area contributed by atoms with Crippen molar-refractivity contribution in [1.82, 2.24) is 0 Å². The van der Waals surface area contributed by atoms with E-state index in [1.807, 2.05) is 37.3 Å². The van der Waals surface area contributed by atoms with Crippen LogP contribution < -0.4 is 0 Å². The van der Waals surface area contributed by atoms with Crippen LogP contribution in [0.4, 0.5) is 0 Å². The molecule has 0 aliphatic carbocycles. The van der Waals surface area contributed by atoms with Crippen LogP contribution in [0.25, 0.3) is 6.08 Å². The van der Waals surface area contributed by atoms with Crippen LogP contribution in [0, 0.1) is 6.92 Å². The first-order valence-corrected chi connectivity index (χ1v) is 5.05. The maximum atomic E-state index is 11.3. The van der Waals surface area contributed by atoms with Gasteiger partial charge >= 0.3 is 5.97 Å². The Morgan fingerprint density at radius 3 is 2.80 bits per heavy atom. The molecule has 0 aromatic heterocycles. The fraction of sp³-hybridized carbons (Fsp3) is 0.308. The molecule has 0 saturated heterocycles. The number of carbonyl (C=O) groups is 1. The van der Waals surface area contributed by atoms with Crippen molar-refractivity contribution in [2.45, 2.75) is 20.8 Å². The zero-order valence-electron chi connectivity index (χ0n) is 9.41. The van der Waals surface area contributed by atoms with Gasteiger partial charge in [0.15, 0.2) is 0 Å². The van der Waals surface area contributed by atoms with Gasteiger partial charge in [0.05, 0.1) is 6.61 Å². The zero-order valence-corrected chi connectivity index (χ0v) is 9.41. The van der Waals surface area contributed by atoms with Crippen molar-refractivity contribution in [1.29, 1.82) is 0 Å². The van der Waals surface area contributed by atoms with E-state index < -0.39 is 0 Å². The van der Waals surface area contributed by atoms with Gasteiger partial charge in [-0.1, -0.05) is 29.8 Å². The Kier molecular flexibility index (Phi) is 4.10. The van der Waals surface area contributed by atoms with Crippen molar-refractivity contribution in [3.63, 3.8) is 0 Å². The average Bonchev–Trinajstić information content (AvgIpc) is 2.18. The first-order chi connectivity index (χ1) is 7.13. The lowest BCUT2D eigenvalue weighted by Gasteiger charge is -2.02. The molecule has 0 fully saturated rings. The Morgan fingerprint density at radius 2 is 2.20 bits per heavy atom.